The lowest BCUT2D eigenvalue weighted by molar-refractivity contribution is 0.660. The number of hydrogen-bond donors (Lipinski definition) is 0. The summed E-state index contributed by atoms with van der Waals surface area (Å²) in [5.74, 6) is 0. The molecule has 330 valence electrons. The molecule has 2 aliphatic rings. The molecule has 1 aliphatic carbocycles. The fourth-order valence-electron chi connectivity index (χ4n) is 10.9. The van der Waals surface area contributed by atoms with Crippen LogP contribution in [0, 0.1) is 0 Å². The zero-order valence-electron chi connectivity index (χ0n) is 39.1. The van der Waals surface area contributed by atoms with Gasteiger partial charge in [-0.25, -0.2) is 0 Å². The van der Waals surface area contributed by atoms with Gasteiger partial charge in [-0.05, 0) is 142 Å². The third-order valence-corrected chi connectivity index (χ3v) is 14.2. The molecular weight excluding hydrogens is 835 g/mol. The molecule has 0 saturated carbocycles. The second-order valence-electron chi connectivity index (χ2n) is 18.6. The Bertz CT molecular complexity index is 3610. The second kappa shape index (κ2) is 16.9. The summed E-state index contributed by atoms with van der Waals surface area (Å²) in [6.45, 7) is 11.7. The lowest BCUT2D eigenvalue weighted by atomic mass is 9.82. The summed E-state index contributed by atoms with van der Waals surface area (Å²) in [4.78, 5) is 7.11. The van der Waals surface area contributed by atoms with Gasteiger partial charge in [-0.3, -0.25) is 0 Å². The smallest absolute Gasteiger partial charge is 0.0546 e. The van der Waals surface area contributed by atoms with E-state index in [0.29, 0.717) is 0 Å². The maximum Gasteiger partial charge on any atom is 0.0546 e. The molecule has 0 amide bonds. The topological polar surface area (TPSA) is 9.72 Å². The average molecular weight is 886 g/mol. The Kier molecular flexibility index (Phi) is 10.2. The highest BCUT2D eigenvalue weighted by Crippen LogP contribution is 2.54. The lowest BCUT2D eigenvalue weighted by Crippen LogP contribution is -2.22. The summed E-state index contributed by atoms with van der Waals surface area (Å²) in [7, 11) is 0. The van der Waals surface area contributed by atoms with Crippen LogP contribution in [-0.2, 0) is 5.41 Å². The molecule has 0 unspecified atom stereocenters. The first kappa shape index (κ1) is 41.7. The van der Waals surface area contributed by atoms with E-state index in [4.69, 9.17) is 6.58 Å². The first-order valence-electron chi connectivity index (χ1n) is 23.9. The van der Waals surface area contributed by atoms with Gasteiger partial charge in [0.05, 0.1) is 11.4 Å². The van der Waals surface area contributed by atoms with Crippen LogP contribution in [-0.4, -0.2) is 0 Å². The van der Waals surface area contributed by atoms with E-state index in [1.54, 1.807) is 0 Å². The Morgan fingerprint density at radius 2 is 0.986 bits per heavy atom. The molecule has 3 nitrogen and oxygen atoms in total. The van der Waals surface area contributed by atoms with Crippen molar-refractivity contribution in [1.29, 1.82) is 0 Å². The van der Waals surface area contributed by atoms with Gasteiger partial charge in [-0.2, -0.15) is 0 Å². The van der Waals surface area contributed by atoms with Gasteiger partial charge < -0.3 is 14.7 Å². The molecular formula is C66H51N3. The van der Waals surface area contributed by atoms with Crippen molar-refractivity contribution in [2.45, 2.75) is 26.2 Å². The predicted molar refractivity (Wildman–Crippen MR) is 294 cm³/mol. The normalized spacial score (nSPS) is 13.2. The molecule has 0 saturated heterocycles. The maximum absolute atomic E-state index is 4.94. The second-order valence-corrected chi connectivity index (χ2v) is 18.6. The maximum atomic E-state index is 4.94. The number of nitrogens with zero attached hydrogens (tertiary/aromatic N) is 3. The van der Waals surface area contributed by atoms with Gasteiger partial charge in [0.25, 0.3) is 0 Å². The van der Waals surface area contributed by atoms with Crippen molar-refractivity contribution in [3.63, 3.8) is 0 Å². The van der Waals surface area contributed by atoms with Crippen LogP contribution < -0.4 is 14.7 Å². The van der Waals surface area contributed by atoms with Gasteiger partial charge in [-0.1, -0.05) is 178 Å². The van der Waals surface area contributed by atoms with Crippen molar-refractivity contribution in [2.75, 3.05) is 14.7 Å². The fourth-order valence-corrected chi connectivity index (χ4v) is 10.9. The van der Waals surface area contributed by atoms with E-state index in [9.17, 15) is 0 Å². The third kappa shape index (κ3) is 7.05. The van der Waals surface area contributed by atoms with E-state index in [1.807, 2.05) is 0 Å². The molecule has 0 bridgehead atoms. The van der Waals surface area contributed by atoms with E-state index < -0.39 is 0 Å². The fraction of sp³-hybridized carbons (Fsp3) is 0.0606. The van der Waals surface area contributed by atoms with Gasteiger partial charge in [0.1, 0.15) is 0 Å². The van der Waals surface area contributed by atoms with Gasteiger partial charge in [0.2, 0.25) is 0 Å². The standard InChI is InChI=1S/C66H51N3/c1-5-19-60-63(69(52-26-13-8-14-27-52)54-36-32-46-20-15-16-21-48(46)42-54)41-40-59-58-38-33-49(43-64(58)67(45(2)65(59)60)50-22-9-6-10-23-50)47-30-34-53(35-31-47)68(51-24-11-7-12-25-51)55-37-39-57-56-28-17-18-29-61(56)66(3,4)62(57)44-55/h5-44H,2H2,1,3-4H3/b19-5-. The van der Waals surface area contributed by atoms with Gasteiger partial charge >= 0.3 is 0 Å². The summed E-state index contributed by atoms with van der Waals surface area (Å²) >= 11 is 0. The number of allylic oxidation sites excluding steroid dienone is 1. The van der Waals surface area contributed by atoms with E-state index in [-0.39, 0.29) is 5.41 Å². The van der Waals surface area contributed by atoms with E-state index in [0.717, 1.165) is 84.6 Å². The Labute approximate surface area is 405 Å². The average Bonchev–Trinajstić information content (AvgIpc) is 3.63. The third-order valence-electron chi connectivity index (χ3n) is 14.2. The highest BCUT2D eigenvalue weighted by Gasteiger charge is 2.36. The SMILES string of the molecule is C=C1c2c(ccc(N(c3ccccc3)c3ccc4ccccc4c3)c2/C=C\C)-c2ccc(-c3ccc(N(c4ccccc4)c4ccc5c(c4)C(C)(C)c4ccccc4-5)cc3)cc2N1c1ccccc1. The molecule has 3 heteroatoms. The van der Waals surface area contributed by atoms with Crippen molar-refractivity contribution in [1.82, 2.24) is 0 Å². The first-order chi connectivity index (χ1) is 33.9. The highest BCUT2D eigenvalue weighted by molar-refractivity contribution is 6.07. The zero-order valence-corrected chi connectivity index (χ0v) is 39.1. The van der Waals surface area contributed by atoms with Crippen molar-refractivity contribution >= 4 is 68.0 Å². The molecule has 1 heterocycles. The van der Waals surface area contributed by atoms with Gasteiger partial charge in [0, 0.05) is 61.9 Å². The molecule has 0 atom stereocenters. The largest absolute Gasteiger partial charge is 0.310 e. The molecule has 0 N–H and O–H groups in total. The number of anilines is 8. The molecule has 0 aromatic heterocycles. The van der Waals surface area contributed by atoms with Crippen LogP contribution in [0.2, 0.25) is 0 Å². The van der Waals surface area contributed by atoms with Crippen LogP contribution in [0.15, 0.2) is 243 Å². The Hall–Kier alpha value is -8.66. The van der Waals surface area contributed by atoms with Crippen LogP contribution in [0.25, 0.3) is 55.9 Å². The molecule has 0 spiro atoms. The predicted octanol–water partition coefficient (Wildman–Crippen LogP) is 18.6. The zero-order chi connectivity index (χ0) is 46.6. The molecule has 1 aliphatic heterocycles. The van der Waals surface area contributed by atoms with E-state index in [1.165, 1.54) is 33.0 Å². The summed E-state index contributed by atoms with van der Waals surface area (Å²) in [5, 5.41) is 2.41. The monoisotopic (exact) mass is 885 g/mol. The van der Waals surface area contributed by atoms with Crippen LogP contribution >= 0.6 is 0 Å². The Morgan fingerprint density at radius 3 is 1.72 bits per heavy atom. The number of benzene rings is 10. The number of rotatable bonds is 9. The summed E-state index contributed by atoms with van der Waals surface area (Å²) in [6, 6.07) is 83.8. The molecule has 12 rings (SSSR count). The van der Waals surface area contributed by atoms with E-state index in [2.05, 4.69) is 278 Å². The molecule has 0 radical (unpaired) electrons. The Morgan fingerprint density at radius 1 is 0.435 bits per heavy atom. The van der Waals surface area contributed by atoms with Gasteiger partial charge in [-0.15, -0.1) is 0 Å². The van der Waals surface area contributed by atoms with Crippen molar-refractivity contribution in [3.05, 3.63) is 265 Å². The molecule has 10 aromatic rings. The van der Waals surface area contributed by atoms with Crippen molar-refractivity contribution in [2.24, 2.45) is 0 Å². The van der Waals surface area contributed by atoms with Crippen LogP contribution in [0.3, 0.4) is 0 Å². The van der Waals surface area contributed by atoms with Crippen molar-refractivity contribution in [3.8, 4) is 33.4 Å². The Balaban J connectivity index is 0.967. The highest BCUT2D eigenvalue weighted by atomic mass is 15.2. The molecule has 69 heavy (non-hydrogen) atoms. The van der Waals surface area contributed by atoms with Crippen LogP contribution in [0.4, 0.5) is 45.5 Å². The molecule has 0 fully saturated rings. The van der Waals surface area contributed by atoms with Crippen LogP contribution in [0.5, 0.6) is 0 Å². The van der Waals surface area contributed by atoms with Crippen LogP contribution in [0.1, 0.15) is 43.0 Å². The van der Waals surface area contributed by atoms with Crippen molar-refractivity contribution < 1.29 is 0 Å². The molecule has 10 aromatic carbocycles. The van der Waals surface area contributed by atoms with Gasteiger partial charge in [0.15, 0.2) is 0 Å². The minimum atomic E-state index is -0.100. The first-order valence-corrected chi connectivity index (χ1v) is 23.9. The van der Waals surface area contributed by atoms with E-state index >= 15 is 0 Å². The number of fused-ring (bicyclic) bond motifs is 7. The summed E-state index contributed by atoms with van der Waals surface area (Å²) in [6.07, 6.45) is 4.40. The minimum absolute atomic E-state index is 0.100. The summed E-state index contributed by atoms with van der Waals surface area (Å²) in [5.41, 5.74) is 21.8. The number of hydrogen-bond acceptors (Lipinski definition) is 3. The quantitative estimate of drug-likeness (QED) is 0.143. The number of para-hydroxylation sites is 3. The lowest BCUT2D eigenvalue weighted by Gasteiger charge is -2.37. The summed E-state index contributed by atoms with van der Waals surface area (Å²) < 4.78 is 0. The minimum Gasteiger partial charge on any atom is -0.310 e.